The SMILES string of the molecule is O=[N+]([O-])c1ccc(S[C@H]2N=C3CC=CC=C3S2)c([N+](=O)[O-])c1. The minimum Gasteiger partial charge on any atom is -0.262 e. The minimum absolute atomic E-state index is 0.207. The molecule has 7 nitrogen and oxygen atoms in total. The Kier molecular flexibility index (Phi) is 3.99. The second-order valence-corrected chi connectivity index (χ2v) is 6.99. The van der Waals surface area contributed by atoms with Crippen LogP contribution in [0, 0.1) is 20.2 Å². The van der Waals surface area contributed by atoms with Crippen LogP contribution in [-0.2, 0) is 0 Å². The van der Waals surface area contributed by atoms with Crippen LogP contribution in [0.25, 0.3) is 0 Å². The molecule has 1 aromatic rings. The second kappa shape index (κ2) is 5.93. The molecule has 1 aromatic carbocycles. The third-order valence-corrected chi connectivity index (χ3v) is 5.46. The van der Waals surface area contributed by atoms with Crippen molar-refractivity contribution in [2.45, 2.75) is 16.0 Å². The number of hydrogen-bond acceptors (Lipinski definition) is 7. The van der Waals surface area contributed by atoms with E-state index in [1.165, 1.54) is 35.7 Å². The summed E-state index contributed by atoms with van der Waals surface area (Å²) in [6.45, 7) is 0. The average molecular weight is 335 g/mol. The van der Waals surface area contributed by atoms with E-state index in [9.17, 15) is 20.2 Å². The van der Waals surface area contributed by atoms with Gasteiger partial charge in [0.2, 0.25) is 0 Å². The van der Waals surface area contributed by atoms with Gasteiger partial charge in [-0.2, -0.15) is 0 Å². The predicted octanol–water partition coefficient (Wildman–Crippen LogP) is 3.91. The summed E-state index contributed by atoms with van der Waals surface area (Å²) in [6, 6.07) is 3.68. The number of nitro groups is 2. The summed E-state index contributed by atoms with van der Waals surface area (Å²) in [5.74, 6) is 0. The maximum Gasteiger partial charge on any atom is 0.289 e. The summed E-state index contributed by atoms with van der Waals surface area (Å²) in [5.41, 5.74) is 0.429. The number of nitro benzene ring substituents is 2. The summed E-state index contributed by atoms with van der Waals surface area (Å²) in [5, 5.41) is 21.9. The number of thioether (sulfide) groups is 2. The molecular weight excluding hydrogens is 326 g/mol. The molecular formula is C13H9N3O4S2. The van der Waals surface area contributed by atoms with Crippen molar-refractivity contribution in [1.82, 2.24) is 0 Å². The fourth-order valence-electron chi connectivity index (χ4n) is 2.04. The molecule has 1 aliphatic carbocycles. The number of allylic oxidation sites excluding steroid dienone is 4. The van der Waals surface area contributed by atoms with Crippen molar-refractivity contribution in [1.29, 1.82) is 0 Å². The lowest BCUT2D eigenvalue weighted by Crippen LogP contribution is -1.96. The van der Waals surface area contributed by atoms with Crippen molar-refractivity contribution >= 4 is 40.6 Å². The molecule has 2 aliphatic rings. The standard InChI is InChI=1S/C13H9N3O4S2/c17-15(18)8-5-6-12(10(7-8)16(19)20)22-13-14-9-3-1-2-4-11(9)21-13/h1-2,4-7,13H,3H2/t13-/m0/s1. The van der Waals surface area contributed by atoms with Gasteiger partial charge >= 0.3 is 0 Å². The zero-order valence-electron chi connectivity index (χ0n) is 11.0. The molecule has 9 heteroatoms. The van der Waals surface area contributed by atoms with Gasteiger partial charge in [0.15, 0.2) is 4.71 Å². The lowest BCUT2D eigenvalue weighted by molar-refractivity contribution is -0.396. The molecule has 0 fully saturated rings. The fourth-order valence-corrected chi connectivity index (χ4v) is 4.48. The molecule has 0 bridgehead atoms. The van der Waals surface area contributed by atoms with E-state index in [0.717, 1.165) is 23.1 Å². The lowest BCUT2D eigenvalue weighted by Gasteiger charge is -2.06. The van der Waals surface area contributed by atoms with E-state index in [1.54, 1.807) is 0 Å². The molecule has 3 rings (SSSR count). The summed E-state index contributed by atoms with van der Waals surface area (Å²) < 4.78 is -0.207. The van der Waals surface area contributed by atoms with E-state index in [1.807, 2.05) is 18.2 Å². The molecule has 22 heavy (non-hydrogen) atoms. The van der Waals surface area contributed by atoms with Gasteiger partial charge in [0.25, 0.3) is 11.4 Å². The summed E-state index contributed by atoms with van der Waals surface area (Å²) >= 11 is 2.77. The largest absolute Gasteiger partial charge is 0.289 e. The molecule has 0 radical (unpaired) electrons. The van der Waals surface area contributed by atoms with Crippen molar-refractivity contribution in [3.05, 3.63) is 61.6 Å². The van der Waals surface area contributed by atoms with Crippen LogP contribution in [0.4, 0.5) is 11.4 Å². The minimum atomic E-state index is -0.642. The fraction of sp³-hybridized carbons (Fsp3) is 0.154. The average Bonchev–Trinajstić information content (AvgIpc) is 2.89. The van der Waals surface area contributed by atoms with Gasteiger partial charge in [-0.1, -0.05) is 35.7 Å². The molecule has 1 atom stereocenters. The summed E-state index contributed by atoms with van der Waals surface area (Å²) in [4.78, 5) is 26.6. The van der Waals surface area contributed by atoms with Crippen molar-refractivity contribution in [3.63, 3.8) is 0 Å². The van der Waals surface area contributed by atoms with Gasteiger partial charge in [-0.15, -0.1) is 0 Å². The first kappa shape index (κ1) is 14.8. The first-order valence-electron chi connectivity index (χ1n) is 6.24. The quantitative estimate of drug-likeness (QED) is 0.611. The highest BCUT2D eigenvalue weighted by molar-refractivity contribution is 8.19. The molecule has 1 aliphatic heterocycles. The monoisotopic (exact) mass is 335 g/mol. The predicted molar refractivity (Wildman–Crippen MR) is 86.3 cm³/mol. The van der Waals surface area contributed by atoms with Crippen LogP contribution in [0.5, 0.6) is 0 Å². The van der Waals surface area contributed by atoms with Crippen molar-refractivity contribution in [2.75, 3.05) is 0 Å². The number of rotatable bonds is 4. The Morgan fingerprint density at radius 3 is 2.77 bits per heavy atom. The van der Waals surface area contributed by atoms with Crippen LogP contribution in [-0.4, -0.2) is 20.3 Å². The van der Waals surface area contributed by atoms with E-state index < -0.39 is 9.85 Å². The van der Waals surface area contributed by atoms with Crippen molar-refractivity contribution in [3.8, 4) is 0 Å². The Morgan fingerprint density at radius 1 is 1.27 bits per heavy atom. The number of nitrogens with zero attached hydrogens (tertiary/aromatic N) is 3. The third-order valence-electron chi connectivity index (χ3n) is 3.05. The topological polar surface area (TPSA) is 98.6 Å². The highest BCUT2D eigenvalue weighted by Gasteiger charge is 2.28. The maximum absolute atomic E-state index is 11.1. The van der Waals surface area contributed by atoms with Gasteiger partial charge in [0, 0.05) is 17.4 Å². The van der Waals surface area contributed by atoms with Crippen LogP contribution < -0.4 is 0 Å². The summed E-state index contributed by atoms with van der Waals surface area (Å²) in [6.07, 6.45) is 6.70. The Labute approximate surface area is 133 Å². The zero-order chi connectivity index (χ0) is 15.7. The highest BCUT2D eigenvalue weighted by atomic mass is 32.2. The number of benzene rings is 1. The number of aliphatic imine (C=N–C) groups is 1. The third kappa shape index (κ3) is 2.90. The molecule has 112 valence electrons. The molecule has 0 unspecified atom stereocenters. The first-order chi connectivity index (χ1) is 10.5. The Morgan fingerprint density at radius 2 is 2.09 bits per heavy atom. The Hall–Kier alpha value is -2.13. The Balaban J connectivity index is 1.85. The number of hydrogen-bond donors (Lipinski definition) is 0. The molecule has 0 N–H and O–H groups in total. The normalized spacial score (nSPS) is 19.4. The molecule has 0 aromatic heterocycles. The van der Waals surface area contributed by atoms with E-state index in [2.05, 4.69) is 4.99 Å². The molecule has 0 amide bonds. The lowest BCUT2D eigenvalue weighted by atomic mass is 10.1. The van der Waals surface area contributed by atoms with Crippen molar-refractivity contribution in [2.24, 2.45) is 4.99 Å². The maximum atomic E-state index is 11.1. The molecule has 0 saturated heterocycles. The van der Waals surface area contributed by atoms with E-state index in [4.69, 9.17) is 0 Å². The van der Waals surface area contributed by atoms with Gasteiger partial charge in [0.05, 0.1) is 26.5 Å². The van der Waals surface area contributed by atoms with Crippen LogP contribution in [0.3, 0.4) is 0 Å². The van der Waals surface area contributed by atoms with Crippen LogP contribution >= 0.6 is 23.5 Å². The smallest absolute Gasteiger partial charge is 0.262 e. The molecule has 0 saturated carbocycles. The van der Waals surface area contributed by atoms with Crippen LogP contribution in [0.15, 0.2) is 51.2 Å². The van der Waals surface area contributed by atoms with E-state index in [0.29, 0.717) is 4.90 Å². The summed E-state index contributed by atoms with van der Waals surface area (Å²) in [7, 11) is 0. The zero-order valence-corrected chi connectivity index (χ0v) is 12.7. The van der Waals surface area contributed by atoms with Gasteiger partial charge < -0.3 is 0 Å². The van der Waals surface area contributed by atoms with Gasteiger partial charge in [-0.3, -0.25) is 25.2 Å². The van der Waals surface area contributed by atoms with Gasteiger partial charge in [-0.25, -0.2) is 0 Å². The van der Waals surface area contributed by atoms with Crippen LogP contribution in [0.2, 0.25) is 0 Å². The molecule has 0 spiro atoms. The van der Waals surface area contributed by atoms with Crippen molar-refractivity contribution < 1.29 is 9.85 Å². The van der Waals surface area contributed by atoms with Gasteiger partial charge in [0.1, 0.15) is 0 Å². The Bertz CT molecular complexity index is 758. The van der Waals surface area contributed by atoms with E-state index >= 15 is 0 Å². The van der Waals surface area contributed by atoms with Crippen LogP contribution in [0.1, 0.15) is 6.42 Å². The number of fused-ring (bicyclic) bond motifs is 1. The van der Waals surface area contributed by atoms with E-state index in [-0.39, 0.29) is 16.1 Å². The first-order valence-corrected chi connectivity index (χ1v) is 8.00. The second-order valence-electron chi connectivity index (χ2n) is 4.45. The molecule has 1 heterocycles. The highest BCUT2D eigenvalue weighted by Crippen LogP contribution is 2.45. The van der Waals surface area contributed by atoms with Gasteiger partial charge in [-0.05, 0) is 12.1 Å². The number of non-ortho nitro benzene ring substituents is 1.